The highest BCUT2D eigenvalue weighted by atomic mass is 16.1. The maximum absolute atomic E-state index is 11.6. The van der Waals surface area contributed by atoms with Crippen LogP contribution in [0, 0.1) is 0 Å². The van der Waals surface area contributed by atoms with Crippen molar-refractivity contribution in [1.82, 2.24) is 15.2 Å². The van der Waals surface area contributed by atoms with Crippen molar-refractivity contribution < 1.29 is 6.22 Å². The molecule has 1 atom stereocenters. The summed E-state index contributed by atoms with van der Waals surface area (Å²) in [5.74, 6) is 0.238. The number of nitrogens with one attached hydrogen (secondary N) is 1. The van der Waals surface area contributed by atoms with E-state index in [0.29, 0.717) is 0 Å². The smallest absolute Gasteiger partial charge is 0.221 e. The molecular formula is C26H29N3O. The van der Waals surface area contributed by atoms with E-state index in [0.717, 1.165) is 55.9 Å². The molecule has 0 bridgehead atoms. The van der Waals surface area contributed by atoms with Crippen LogP contribution in [-0.4, -0.2) is 28.9 Å². The van der Waals surface area contributed by atoms with Gasteiger partial charge in [0.15, 0.2) is 0 Å². The van der Waals surface area contributed by atoms with Crippen molar-refractivity contribution in [3.63, 3.8) is 0 Å². The summed E-state index contributed by atoms with van der Waals surface area (Å²) >= 11 is 0. The zero-order chi connectivity index (χ0) is 20.5. The fourth-order valence-electron chi connectivity index (χ4n) is 4.74. The fourth-order valence-corrected chi connectivity index (χ4v) is 4.74. The Labute approximate surface area is 179 Å². The van der Waals surface area contributed by atoms with Gasteiger partial charge in [-0.2, -0.15) is 0 Å². The Bertz CT molecular complexity index is 1050. The number of carbonyl (C=O) groups is 1. The predicted molar refractivity (Wildman–Crippen MR) is 122 cm³/mol. The number of allylic oxidation sites excluding steroid dienone is 3. The second-order valence-corrected chi connectivity index (χ2v) is 8.42. The number of rotatable bonds is 4. The van der Waals surface area contributed by atoms with Gasteiger partial charge in [-0.05, 0) is 47.6 Å². The van der Waals surface area contributed by atoms with Gasteiger partial charge in [0.1, 0.15) is 0 Å². The minimum Gasteiger partial charge on any atom is -0.326 e. The first kappa shape index (κ1) is 19.0. The fraction of sp³-hybridized carbons (Fsp3) is 0.308. The van der Waals surface area contributed by atoms with Crippen molar-refractivity contribution in [3.8, 4) is 0 Å². The van der Waals surface area contributed by atoms with E-state index in [9.17, 15) is 4.79 Å². The number of pyridine rings is 1. The van der Waals surface area contributed by atoms with Crippen LogP contribution in [0.1, 0.15) is 55.9 Å². The van der Waals surface area contributed by atoms with E-state index in [4.69, 9.17) is 4.98 Å². The zero-order valence-corrected chi connectivity index (χ0v) is 17.4. The molecule has 1 N–H and O–H groups in total. The lowest BCUT2D eigenvalue weighted by Gasteiger charge is -2.26. The Morgan fingerprint density at radius 1 is 1.13 bits per heavy atom. The van der Waals surface area contributed by atoms with E-state index >= 15 is 0 Å². The molecule has 1 aromatic heterocycles. The van der Waals surface area contributed by atoms with Crippen LogP contribution in [0.25, 0.3) is 5.70 Å². The number of fused-ring (bicyclic) bond motifs is 2. The van der Waals surface area contributed by atoms with Crippen LogP contribution < -0.4 is 5.32 Å². The molecular weight excluding hydrogens is 370 g/mol. The van der Waals surface area contributed by atoms with E-state index < -0.39 is 0 Å². The molecule has 1 saturated heterocycles. The summed E-state index contributed by atoms with van der Waals surface area (Å²) in [5.41, 5.74) is 8.73. The second-order valence-electron chi connectivity index (χ2n) is 8.42. The first-order valence-corrected chi connectivity index (χ1v) is 10.8. The molecule has 1 unspecified atom stereocenters. The standard InChI is InChI=1S/C26H27N3O.H2/c1-18(30)28-26-11-10-23(24-4-2-3-5-25(24)26)21-8-9-22(27-16-21)17-29-14-12-19-6-7-20(19)13-15-29;/h2-9,11,16,23H,10,12-15,17H2,1H3,(H,28,30);1H. The zero-order valence-electron chi connectivity index (χ0n) is 17.4. The monoisotopic (exact) mass is 399 g/mol. The van der Waals surface area contributed by atoms with Crippen molar-refractivity contribution >= 4 is 11.6 Å². The van der Waals surface area contributed by atoms with Crippen molar-refractivity contribution in [2.45, 2.75) is 38.6 Å². The summed E-state index contributed by atoms with van der Waals surface area (Å²) in [6.07, 6.45) is 11.9. The average molecular weight is 400 g/mol. The van der Waals surface area contributed by atoms with Crippen LogP contribution in [0.5, 0.6) is 0 Å². The molecule has 2 aliphatic carbocycles. The molecule has 0 radical (unpaired) electrons. The molecule has 1 aliphatic heterocycles. The molecule has 2 aromatic rings. The molecule has 1 aromatic carbocycles. The van der Waals surface area contributed by atoms with Gasteiger partial charge in [-0.3, -0.25) is 14.7 Å². The van der Waals surface area contributed by atoms with E-state index in [1.807, 2.05) is 12.3 Å². The minimum atomic E-state index is -0.0328. The molecule has 0 saturated carbocycles. The van der Waals surface area contributed by atoms with Crippen LogP contribution in [0.4, 0.5) is 0 Å². The largest absolute Gasteiger partial charge is 0.326 e. The van der Waals surface area contributed by atoms with Gasteiger partial charge >= 0.3 is 0 Å². The lowest BCUT2D eigenvalue weighted by molar-refractivity contribution is -0.117. The van der Waals surface area contributed by atoms with Crippen molar-refractivity contribution in [3.05, 3.63) is 94.4 Å². The summed E-state index contributed by atoms with van der Waals surface area (Å²) in [6, 6.07) is 12.8. The normalized spacial score (nSPS) is 20.6. The molecule has 4 nitrogen and oxygen atoms in total. The number of nitrogens with zero attached hydrogens (tertiary/aromatic N) is 2. The number of benzene rings is 1. The molecule has 3 aliphatic rings. The predicted octanol–water partition coefficient (Wildman–Crippen LogP) is 4.80. The van der Waals surface area contributed by atoms with Gasteiger partial charge in [-0.15, -0.1) is 0 Å². The van der Waals surface area contributed by atoms with Crippen LogP contribution in [0.3, 0.4) is 0 Å². The lowest BCUT2D eigenvalue weighted by Crippen LogP contribution is -2.24. The topological polar surface area (TPSA) is 45.2 Å². The Morgan fingerprint density at radius 3 is 2.57 bits per heavy atom. The number of likely N-dealkylation sites (tertiary alicyclic amines) is 1. The number of hydrogen-bond acceptors (Lipinski definition) is 3. The van der Waals surface area contributed by atoms with Crippen molar-refractivity contribution in [2.75, 3.05) is 13.1 Å². The molecule has 1 amide bonds. The van der Waals surface area contributed by atoms with E-state index in [2.05, 4.69) is 58.8 Å². The minimum absolute atomic E-state index is 0. The van der Waals surface area contributed by atoms with Gasteiger partial charge in [-0.1, -0.05) is 48.6 Å². The van der Waals surface area contributed by atoms with Crippen LogP contribution in [0.15, 0.2) is 72.0 Å². The summed E-state index contributed by atoms with van der Waals surface area (Å²) in [7, 11) is 0. The highest BCUT2D eigenvalue weighted by Gasteiger charge is 2.24. The first-order valence-electron chi connectivity index (χ1n) is 10.8. The number of hydrogen-bond donors (Lipinski definition) is 1. The maximum Gasteiger partial charge on any atom is 0.221 e. The van der Waals surface area contributed by atoms with Crippen LogP contribution in [0.2, 0.25) is 0 Å². The summed E-state index contributed by atoms with van der Waals surface area (Å²) < 4.78 is 0. The van der Waals surface area contributed by atoms with Gasteiger partial charge in [-0.25, -0.2) is 0 Å². The maximum atomic E-state index is 11.6. The molecule has 154 valence electrons. The second kappa shape index (κ2) is 8.04. The summed E-state index contributed by atoms with van der Waals surface area (Å²) in [4.78, 5) is 18.9. The molecule has 1 fully saturated rings. The Balaban J connectivity index is 0.00000231. The third-order valence-corrected chi connectivity index (χ3v) is 6.42. The van der Waals surface area contributed by atoms with Gasteiger partial charge in [0.2, 0.25) is 5.91 Å². The van der Waals surface area contributed by atoms with E-state index in [-0.39, 0.29) is 13.3 Å². The molecule has 0 spiro atoms. The Morgan fingerprint density at radius 2 is 1.90 bits per heavy atom. The van der Waals surface area contributed by atoms with E-state index in [1.165, 1.54) is 11.1 Å². The molecule has 30 heavy (non-hydrogen) atoms. The third kappa shape index (κ3) is 3.75. The highest BCUT2D eigenvalue weighted by Crippen LogP contribution is 2.37. The molecule has 4 heteroatoms. The average Bonchev–Trinajstić information content (AvgIpc) is 2.86. The Hall–Kier alpha value is -2.98. The van der Waals surface area contributed by atoms with Gasteiger partial charge in [0, 0.05) is 51.4 Å². The quantitative estimate of drug-likeness (QED) is 0.803. The van der Waals surface area contributed by atoms with E-state index in [1.54, 1.807) is 18.1 Å². The van der Waals surface area contributed by atoms with Crippen molar-refractivity contribution in [2.24, 2.45) is 0 Å². The molecule has 5 rings (SSSR count). The van der Waals surface area contributed by atoms with Gasteiger partial charge < -0.3 is 5.32 Å². The highest BCUT2D eigenvalue weighted by molar-refractivity contribution is 5.86. The number of aromatic nitrogens is 1. The van der Waals surface area contributed by atoms with Gasteiger partial charge in [0.05, 0.1) is 5.69 Å². The number of amides is 1. The first-order chi connectivity index (χ1) is 14.7. The SMILES string of the molecule is CC(=O)NC1=CCC(c2ccc(CN3CCC4=CC=C4CC3)nc2)c2ccccc21.[HH]. The van der Waals surface area contributed by atoms with Crippen molar-refractivity contribution in [1.29, 1.82) is 0 Å². The molecule has 2 heterocycles. The summed E-state index contributed by atoms with van der Waals surface area (Å²) in [5, 5.41) is 2.97. The number of carbonyl (C=O) groups excluding carboxylic acids is 1. The van der Waals surface area contributed by atoms with Crippen LogP contribution in [-0.2, 0) is 11.3 Å². The third-order valence-electron chi connectivity index (χ3n) is 6.42. The Kier molecular flexibility index (Phi) is 5.09. The summed E-state index contributed by atoms with van der Waals surface area (Å²) in [6.45, 7) is 4.69. The van der Waals surface area contributed by atoms with Crippen LogP contribution >= 0.6 is 0 Å². The lowest BCUT2D eigenvalue weighted by atomic mass is 9.81. The van der Waals surface area contributed by atoms with Gasteiger partial charge in [0.25, 0.3) is 0 Å².